The summed E-state index contributed by atoms with van der Waals surface area (Å²) in [6, 6.07) is 8.17. The minimum Gasteiger partial charge on any atom is -0.492 e. The number of aliphatic hydroxyl groups is 1. The van der Waals surface area contributed by atoms with E-state index < -0.39 is 0 Å². The predicted octanol–water partition coefficient (Wildman–Crippen LogP) is 2.08. The third-order valence-electron chi connectivity index (χ3n) is 3.63. The minimum atomic E-state index is 0.341. The Morgan fingerprint density at radius 2 is 2.11 bits per heavy atom. The van der Waals surface area contributed by atoms with Crippen LogP contribution < -0.4 is 4.74 Å². The largest absolute Gasteiger partial charge is 0.492 e. The van der Waals surface area contributed by atoms with E-state index in [1.54, 1.807) is 0 Å². The van der Waals surface area contributed by atoms with Crippen molar-refractivity contribution in [2.45, 2.75) is 19.8 Å². The Morgan fingerprint density at radius 1 is 1.33 bits per heavy atom. The summed E-state index contributed by atoms with van der Waals surface area (Å²) in [5.41, 5.74) is 1.23. The maximum absolute atomic E-state index is 9.08. The normalized spacial score (nSPS) is 17.9. The summed E-state index contributed by atoms with van der Waals surface area (Å²) in [5, 5.41) is 9.08. The van der Waals surface area contributed by atoms with Crippen molar-refractivity contribution in [3.05, 3.63) is 29.8 Å². The molecule has 0 bridgehead atoms. The van der Waals surface area contributed by atoms with Crippen LogP contribution in [0.25, 0.3) is 0 Å². The Morgan fingerprint density at radius 3 is 2.78 bits per heavy atom. The van der Waals surface area contributed by atoms with Gasteiger partial charge >= 0.3 is 0 Å². The molecule has 0 unspecified atom stereocenters. The highest BCUT2D eigenvalue weighted by Crippen LogP contribution is 2.16. The summed E-state index contributed by atoms with van der Waals surface area (Å²) in [7, 11) is 0. The van der Waals surface area contributed by atoms with E-state index in [-0.39, 0.29) is 0 Å². The average molecular weight is 249 g/mol. The highest BCUT2D eigenvalue weighted by molar-refractivity contribution is 5.27. The molecule has 0 aromatic heterocycles. The van der Waals surface area contributed by atoms with Gasteiger partial charge in [-0.3, -0.25) is 4.90 Å². The van der Waals surface area contributed by atoms with Crippen LogP contribution in [0.5, 0.6) is 5.75 Å². The van der Waals surface area contributed by atoms with Gasteiger partial charge in [0.2, 0.25) is 0 Å². The lowest BCUT2D eigenvalue weighted by Gasteiger charge is -2.30. The van der Waals surface area contributed by atoms with Crippen LogP contribution in [0.2, 0.25) is 0 Å². The molecule has 3 nitrogen and oxygen atoms in total. The second-order valence-electron chi connectivity index (χ2n) is 5.13. The van der Waals surface area contributed by atoms with Gasteiger partial charge in [0.25, 0.3) is 0 Å². The van der Waals surface area contributed by atoms with E-state index in [0.29, 0.717) is 12.5 Å². The number of hydrogen-bond acceptors (Lipinski definition) is 3. The number of benzene rings is 1. The average Bonchev–Trinajstić information content (AvgIpc) is 2.40. The topological polar surface area (TPSA) is 32.7 Å². The van der Waals surface area contributed by atoms with Gasteiger partial charge in [0.05, 0.1) is 0 Å². The standard InChI is InChI=1S/C15H23NO2/c1-13-3-2-4-15(11-13)18-10-9-16-7-5-14(12-17)6-8-16/h2-4,11,14,17H,5-10,12H2,1H3. The van der Waals surface area contributed by atoms with E-state index in [4.69, 9.17) is 9.84 Å². The molecule has 1 N–H and O–H groups in total. The molecule has 1 aliphatic heterocycles. The van der Waals surface area contributed by atoms with E-state index >= 15 is 0 Å². The molecule has 1 aliphatic rings. The number of piperidine rings is 1. The summed E-state index contributed by atoms with van der Waals surface area (Å²) in [5.74, 6) is 1.47. The maximum Gasteiger partial charge on any atom is 0.119 e. The Balaban J connectivity index is 1.67. The fourth-order valence-electron chi connectivity index (χ4n) is 2.39. The van der Waals surface area contributed by atoms with Crippen LogP contribution in [0, 0.1) is 12.8 Å². The van der Waals surface area contributed by atoms with E-state index in [2.05, 4.69) is 24.0 Å². The zero-order valence-electron chi connectivity index (χ0n) is 11.1. The molecular formula is C15H23NO2. The first-order valence-electron chi connectivity index (χ1n) is 6.80. The van der Waals surface area contributed by atoms with Crippen molar-refractivity contribution in [2.75, 3.05) is 32.8 Å². The van der Waals surface area contributed by atoms with Crippen LogP contribution in [0.4, 0.5) is 0 Å². The highest BCUT2D eigenvalue weighted by Gasteiger charge is 2.17. The molecule has 0 spiro atoms. The molecule has 1 aromatic carbocycles. The van der Waals surface area contributed by atoms with Gasteiger partial charge in [-0.2, -0.15) is 0 Å². The number of aryl methyl sites for hydroxylation is 1. The van der Waals surface area contributed by atoms with Crippen molar-refractivity contribution in [3.63, 3.8) is 0 Å². The van der Waals surface area contributed by atoms with Crippen LogP contribution in [0.1, 0.15) is 18.4 Å². The van der Waals surface area contributed by atoms with Crippen LogP contribution in [0.15, 0.2) is 24.3 Å². The lowest BCUT2D eigenvalue weighted by atomic mass is 9.98. The Hall–Kier alpha value is -1.06. The quantitative estimate of drug-likeness (QED) is 0.867. The van der Waals surface area contributed by atoms with E-state index in [9.17, 15) is 0 Å². The zero-order valence-corrected chi connectivity index (χ0v) is 11.1. The number of rotatable bonds is 5. The van der Waals surface area contributed by atoms with Gasteiger partial charge in [0.1, 0.15) is 12.4 Å². The number of nitrogens with zero attached hydrogens (tertiary/aromatic N) is 1. The summed E-state index contributed by atoms with van der Waals surface area (Å²) in [6.07, 6.45) is 2.22. The molecule has 0 aliphatic carbocycles. The highest BCUT2D eigenvalue weighted by atomic mass is 16.5. The van der Waals surface area contributed by atoms with Crippen LogP contribution in [-0.4, -0.2) is 42.9 Å². The summed E-state index contributed by atoms with van der Waals surface area (Å²) in [6.45, 7) is 6.31. The van der Waals surface area contributed by atoms with Gasteiger partial charge < -0.3 is 9.84 Å². The Kier molecular flexibility index (Phi) is 5.02. The first-order chi connectivity index (χ1) is 8.78. The number of aliphatic hydroxyl groups excluding tert-OH is 1. The molecule has 3 heteroatoms. The van der Waals surface area contributed by atoms with Gasteiger partial charge in [-0.15, -0.1) is 0 Å². The monoisotopic (exact) mass is 249 g/mol. The van der Waals surface area contributed by atoms with Crippen molar-refractivity contribution in [1.82, 2.24) is 4.90 Å². The molecule has 100 valence electrons. The van der Waals surface area contributed by atoms with E-state index in [0.717, 1.165) is 44.8 Å². The van der Waals surface area contributed by atoms with Crippen molar-refractivity contribution >= 4 is 0 Å². The fraction of sp³-hybridized carbons (Fsp3) is 0.600. The van der Waals surface area contributed by atoms with E-state index in [1.807, 2.05) is 12.1 Å². The molecule has 1 saturated heterocycles. The molecule has 2 rings (SSSR count). The molecule has 0 saturated carbocycles. The molecule has 0 amide bonds. The van der Waals surface area contributed by atoms with Crippen molar-refractivity contribution < 1.29 is 9.84 Å². The molecule has 0 radical (unpaired) electrons. The van der Waals surface area contributed by atoms with Gasteiger partial charge in [-0.25, -0.2) is 0 Å². The SMILES string of the molecule is Cc1cccc(OCCN2CCC(CO)CC2)c1. The molecular weight excluding hydrogens is 226 g/mol. The van der Waals surface area contributed by atoms with Crippen LogP contribution in [0.3, 0.4) is 0 Å². The van der Waals surface area contributed by atoms with Crippen LogP contribution in [-0.2, 0) is 0 Å². The predicted molar refractivity (Wildman–Crippen MR) is 72.9 cm³/mol. The summed E-state index contributed by atoms with van der Waals surface area (Å²) in [4.78, 5) is 2.42. The first kappa shape index (κ1) is 13.4. The van der Waals surface area contributed by atoms with Crippen molar-refractivity contribution in [3.8, 4) is 5.75 Å². The number of ether oxygens (including phenoxy) is 1. The van der Waals surface area contributed by atoms with Crippen molar-refractivity contribution in [2.24, 2.45) is 5.92 Å². The second kappa shape index (κ2) is 6.76. The van der Waals surface area contributed by atoms with Gasteiger partial charge in [0, 0.05) is 13.2 Å². The second-order valence-corrected chi connectivity index (χ2v) is 5.13. The van der Waals surface area contributed by atoms with Crippen molar-refractivity contribution in [1.29, 1.82) is 0 Å². The van der Waals surface area contributed by atoms with E-state index in [1.165, 1.54) is 5.56 Å². The molecule has 1 heterocycles. The van der Waals surface area contributed by atoms with Gasteiger partial charge in [-0.1, -0.05) is 12.1 Å². The fourth-order valence-corrected chi connectivity index (χ4v) is 2.39. The third kappa shape index (κ3) is 4.00. The molecule has 1 fully saturated rings. The van der Waals surface area contributed by atoms with Gasteiger partial charge in [-0.05, 0) is 56.5 Å². The lowest BCUT2D eigenvalue weighted by Crippen LogP contribution is -2.37. The zero-order chi connectivity index (χ0) is 12.8. The minimum absolute atomic E-state index is 0.341. The molecule has 1 aromatic rings. The summed E-state index contributed by atoms with van der Waals surface area (Å²) < 4.78 is 5.75. The maximum atomic E-state index is 9.08. The third-order valence-corrected chi connectivity index (χ3v) is 3.63. The lowest BCUT2D eigenvalue weighted by molar-refractivity contribution is 0.119. The Bertz CT molecular complexity index is 359. The number of likely N-dealkylation sites (tertiary alicyclic amines) is 1. The number of hydrogen-bond donors (Lipinski definition) is 1. The molecule has 18 heavy (non-hydrogen) atoms. The van der Waals surface area contributed by atoms with Gasteiger partial charge in [0.15, 0.2) is 0 Å². The first-order valence-corrected chi connectivity index (χ1v) is 6.80. The molecule has 0 atom stereocenters. The smallest absolute Gasteiger partial charge is 0.119 e. The van der Waals surface area contributed by atoms with Crippen LogP contribution >= 0.6 is 0 Å². The Labute approximate surface area is 109 Å². The summed E-state index contributed by atoms with van der Waals surface area (Å²) >= 11 is 0.